The monoisotopic (exact) mass is 354 g/mol. The smallest absolute Gasteiger partial charge is 0.336 e. The molecule has 134 valence electrons. The van der Waals surface area contributed by atoms with Crippen molar-refractivity contribution in [2.45, 2.75) is 6.42 Å². The molecule has 0 aliphatic heterocycles. The number of ether oxygens (including phenoxy) is 1. The zero-order chi connectivity index (χ0) is 18.9. The molecule has 1 aromatic carbocycles. The van der Waals surface area contributed by atoms with Crippen LogP contribution in [0.3, 0.4) is 0 Å². The molecule has 0 spiro atoms. The first-order valence-corrected chi connectivity index (χ1v) is 7.88. The zero-order valence-corrected chi connectivity index (χ0v) is 14.2. The van der Waals surface area contributed by atoms with Gasteiger partial charge in [0.05, 0.1) is 5.56 Å². The lowest BCUT2D eigenvalue weighted by atomic mass is 10.1. The summed E-state index contributed by atoms with van der Waals surface area (Å²) in [6, 6.07) is 11.4. The standard InChI is InChI=1S/C19H18N2O5/c1-25-10-4-9-21-18(22)13(12-20)11-14-7-8-17(26-14)15-5-2-3-6-16(15)19(23)24/h2-3,5-8,11H,4,9-10H2,1H3,(H,21,22)(H,23,24)/b13-11+. The molecule has 7 heteroatoms. The first kappa shape index (κ1) is 19.0. The van der Waals surface area contributed by atoms with E-state index in [1.165, 1.54) is 12.1 Å². The quantitative estimate of drug-likeness (QED) is 0.428. The van der Waals surface area contributed by atoms with Crippen LogP contribution in [0.2, 0.25) is 0 Å². The molecule has 0 aliphatic carbocycles. The number of nitrogens with one attached hydrogen (secondary N) is 1. The van der Waals surface area contributed by atoms with E-state index in [1.807, 2.05) is 6.07 Å². The summed E-state index contributed by atoms with van der Waals surface area (Å²) in [4.78, 5) is 23.3. The average Bonchev–Trinajstić information content (AvgIpc) is 3.11. The van der Waals surface area contributed by atoms with Gasteiger partial charge in [-0.15, -0.1) is 0 Å². The Morgan fingerprint density at radius 3 is 2.77 bits per heavy atom. The van der Waals surface area contributed by atoms with E-state index in [9.17, 15) is 20.0 Å². The second kappa shape index (κ2) is 9.20. The van der Waals surface area contributed by atoms with Crippen molar-refractivity contribution in [3.63, 3.8) is 0 Å². The maximum absolute atomic E-state index is 12.0. The highest BCUT2D eigenvalue weighted by molar-refractivity contribution is 6.01. The van der Waals surface area contributed by atoms with Crippen LogP contribution in [0.5, 0.6) is 0 Å². The van der Waals surface area contributed by atoms with E-state index in [2.05, 4.69) is 5.32 Å². The molecule has 0 radical (unpaired) electrons. The summed E-state index contributed by atoms with van der Waals surface area (Å²) in [6.07, 6.45) is 1.95. The largest absolute Gasteiger partial charge is 0.478 e. The second-order valence-corrected chi connectivity index (χ2v) is 5.32. The third-order valence-electron chi connectivity index (χ3n) is 3.51. The van der Waals surface area contributed by atoms with Crippen molar-refractivity contribution in [1.82, 2.24) is 5.32 Å². The fraction of sp³-hybridized carbons (Fsp3) is 0.211. The van der Waals surface area contributed by atoms with E-state index in [-0.39, 0.29) is 16.9 Å². The molecule has 26 heavy (non-hydrogen) atoms. The van der Waals surface area contributed by atoms with Crippen LogP contribution in [0.15, 0.2) is 46.4 Å². The Hall–Kier alpha value is -3.37. The van der Waals surface area contributed by atoms with Crippen molar-refractivity contribution in [3.05, 3.63) is 53.3 Å². The minimum Gasteiger partial charge on any atom is -0.478 e. The second-order valence-electron chi connectivity index (χ2n) is 5.32. The third-order valence-corrected chi connectivity index (χ3v) is 3.51. The van der Waals surface area contributed by atoms with E-state index in [0.29, 0.717) is 30.9 Å². The fourth-order valence-corrected chi connectivity index (χ4v) is 2.26. The van der Waals surface area contributed by atoms with Gasteiger partial charge in [-0.2, -0.15) is 5.26 Å². The molecule has 1 aromatic heterocycles. The van der Waals surface area contributed by atoms with Crippen molar-refractivity contribution in [2.24, 2.45) is 0 Å². The summed E-state index contributed by atoms with van der Waals surface area (Å²) in [7, 11) is 1.57. The van der Waals surface area contributed by atoms with Crippen molar-refractivity contribution >= 4 is 18.0 Å². The van der Waals surface area contributed by atoms with Crippen LogP contribution in [0.4, 0.5) is 0 Å². The molecule has 0 fully saturated rings. The van der Waals surface area contributed by atoms with Gasteiger partial charge >= 0.3 is 5.97 Å². The highest BCUT2D eigenvalue weighted by Crippen LogP contribution is 2.26. The molecule has 2 N–H and O–H groups in total. The molecule has 0 atom stereocenters. The van der Waals surface area contributed by atoms with Gasteiger partial charge in [-0.05, 0) is 24.6 Å². The van der Waals surface area contributed by atoms with Crippen LogP contribution < -0.4 is 5.32 Å². The molecule has 1 heterocycles. The van der Waals surface area contributed by atoms with Crippen LogP contribution >= 0.6 is 0 Å². The van der Waals surface area contributed by atoms with E-state index in [0.717, 1.165) is 0 Å². The van der Waals surface area contributed by atoms with E-state index in [1.54, 1.807) is 37.4 Å². The van der Waals surface area contributed by atoms with Gasteiger partial charge in [0.1, 0.15) is 23.2 Å². The Morgan fingerprint density at radius 1 is 1.31 bits per heavy atom. The number of hydrogen-bond acceptors (Lipinski definition) is 5. The Balaban J connectivity index is 2.18. The maximum Gasteiger partial charge on any atom is 0.336 e. The summed E-state index contributed by atoms with van der Waals surface area (Å²) >= 11 is 0. The molecular weight excluding hydrogens is 336 g/mol. The molecule has 0 unspecified atom stereocenters. The first-order valence-electron chi connectivity index (χ1n) is 7.88. The van der Waals surface area contributed by atoms with E-state index < -0.39 is 11.9 Å². The highest BCUT2D eigenvalue weighted by atomic mass is 16.5. The molecule has 0 bridgehead atoms. The summed E-state index contributed by atoms with van der Waals surface area (Å²) in [5.74, 6) is -0.953. The van der Waals surface area contributed by atoms with Crippen LogP contribution in [-0.4, -0.2) is 37.2 Å². The summed E-state index contributed by atoms with van der Waals surface area (Å²) in [6.45, 7) is 0.900. The van der Waals surface area contributed by atoms with Crippen molar-refractivity contribution in [2.75, 3.05) is 20.3 Å². The van der Waals surface area contributed by atoms with Crippen LogP contribution in [0.25, 0.3) is 17.4 Å². The number of nitriles is 1. The number of aromatic carboxylic acids is 1. The predicted molar refractivity (Wildman–Crippen MR) is 94.2 cm³/mol. The van der Waals surface area contributed by atoms with Crippen molar-refractivity contribution in [3.8, 4) is 17.4 Å². The van der Waals surface area contributed by atoms with Gasteiger partial charge in [0.15, 0.2) is 0 Å². The molecule has 2 aromatic rings. The van der Waals surface area contributed by atoms with Crippen molar-refractivity contribution < 1.29 is 23.8 Å². The molecule has 0 saturated heterocycles. The minimum atomic E-state index is -1.07. The van der Waals surface area contributed by atoms with E-state index in [4.69, 9.17) is 9.15 Å². The number of nitrogens with zero attached hydrogens (tertiary/aromatic N) is 1. The Bertz CT molecular complexity index is 861. The molecule has 2 rings (SSSR count). The highest BCUT2D eigenvalue weighted by Gasteiger charge is 2.15. The Labute approximate surface area is 150 Å². The first-order chi connectivity index (χ1) is 12.6. The molecule has 7 nitrogen and oxygen atoms in total. The molecule has 0 saturated carbocycles. The fourth-order valence-electron chi connectivity index (χ4n) is 2.26. The zero-order valence-electron chi connectivity index (χ0n) is 14.2. The number of methoxy groups -OCH3 is 1. The number of furan rings is 1. The van der Waals surface area contributed by atoms with E-state index >= 15 is 0 Å². The number of benzene rings is 1. The van der Waals surface area contributed by atoms with Gasteiger partial charge in [-0.1, -0.05) is 18.2 Å². The predicted octanol–water partition coefficient (Wildman–Crippen LogP) is 2.70. The van der Waals surface area contributed by atoms with Crippen LogP contribution in [0.1, 0.15) is 22.5 Å². The van der Waals surface area contributed by atoms with Gasteiger partial charge in [0, 0.05) is 31.9 Å². The summed E-state index contributed by atoms with van der Waals surface area (Å²) < 4.78 is 10.5. The van der Waals surface area contributed by atoms with Crippen molar-refractivity contribution in [1.29, 1.82) is 5.26 Å². The lowest BCUT2D eigenvalue weighted by Crippen LogP contribution is -2.26. The Morgan fingerprint density at radius 2 is 2.08 bits per heavy atom. The number of carboxylic acid groups (broad SMARTS) is 1. The lowest BCUT2D eigenvalue weighted by Gasteiger charge is -2.03. The van der Waals surface area contributed by atoms with Gasteiger partial charge in [-0.25, -0.2) is 4.79 Å². The SMILES string of the molecule is COCCCNC(=O)/C(C#N)=C/c1ccc(-c2ccccc2C(=O)O)o1. The normalized spacial score (nSPS) is 11.0. The number of carbonyl (C=O) groups excluding carboxylic acids is 1. The molecule has 0 aliphatic rings. The minimum absolute atomic E-state index is 0.102. The lowest BCUT2D eigenvalue weighted by molar-refractivity contribution is -0.117. The summed E-state index contributed by atoms with van der Waals surface area (Å²) in [5, 5.41) is 21.1. The Kier molecular flexibility index (Phi) is 6.71. The number of amides is 1. The van der Waals surface area contributed by atoms with Gasteiger partial charge in [0.2, 0.25) is 0 Å². The van der Waals surface area contributed by atoms with Crippen LogP contribution in [-0.2, 0) is 9.53 Å². The topological polar surface area (TPSA) is 113 Å². The van der Waals surface area contributed by atoms with Gasteiger partial charge in [-0.3, -0.25) is 4.79 Å². The number of carboxylic acids is 1. The van der Waals surface area contributed by atoms with Crippen LogP contribution in [0, 0.1) is 11.3 Å². The van der Waals surface area contributed by atoms with Gasteiger partial charge in [0.25, 0.3) is 5.91 Å². The summed E-state index contributed by atoms with van der Waals surface area (Å²) in [5.41, 5.74) is 0.422. The number of hydrogen-bond donors (Lipinski definition) is 2. The average molecular weight is 354 g/mol. The number of carbonyl (C=O) groups is 2. The maximum atomic E-state index is 12.0. The number of rotatable bonds is 8. The van der Waals surface area contributed by atoms with Gasteiger partial charge < -0.3 is 19.6 Å². The molecule has 1 amide bonds. The third kappa shape index (κ3) is 4.82. The molecular formula is C19H18N2O5.